The molecule has 2 saturated heterocycles. The number of imidazole rings is 1. The lowest BCUT2D eigenvalue weighted by Gasteiger charge is -2.35. The van der Waals surface area contributed by atoms with Crippen molar-refractivity contribution in [3.63, 3.8) is 0 Å². The maximum absolute atomic E-state index is 13.4. The first-order chi connectivity index (χ1) is 25.6. The Labute approximate surface area is 303 Å². The minimum atomic E-state index is -2.77. The van der Waals surface area contributed by atoms with Crippen molar-refractivity contribution in [1.82, 2.24) is 43.7 Å². The minimum absolute atomic E-state index is 0.0332. The number of fused-ring (bicyclic) bond motifs is 2. The second-order valence-electron chi connectivity index (χ2n) is 13.6. The lowest BCUT2D eigenvalue weighted by molar-refractivity contribution is -0.135. The van der Waals surface area contributed by atoms with Crippen LogP contribution in [-0.2, 0) is 16.6 Å². The van der Waals surface area contributed by atoms with E-state index in [0.29, 0.717) is 12.1 Å². The molecule has 17 heteroatoms. The predicted octanol–water partition coefficient (Wildman–Crippen LogP) is 4.08. The monoisotopic (exact) mass is 731 g/mol. The lowest BCUT2D eigenvalue weighted by atomic mass is 9.96. The smallest absolute Gasteiger partial charge is 0.329 e. The van der Waals surface area contributed by atoms with Crippen molar-refractivity contribution in [1.29, 1.82) is 0 Å². The van der Waals surface area contributed by atoms with Gasteiger partial charge in [0.2, 0.25) is 11.8 Å². The molecule has 3 amide bonds. The van der Waals surface area contributed by atoms with Gasteiger partial charge in [-0.3, -0.25) is 33.5 Å². The van der Waals surface area contributed by atoms with E-state index in [-0.39, 0.29) is 35.3 Å². The molecule has 1 aromatic carbocycles. The van der Waals surface area contributed by atoms with Crippen molar-refractivity contribution in [2.24, 2.45) is 7.05 Å². The van der Waals surface area contributed by atoms with E-state index in [2.05, 4.69) is 42.5 Å². The summed E-state index contributed by atoms with van der Waals surface area (Å²) in [4.78, 5) is 58.2. The topological polar surface area (TPSA) is 157 Å². The highest BCUT2D eigenvalue weighted by atomic mass is 19.3. The Morgan fingerprint density at radius 3 is 2.53 bits per heavy atom. The number of piperidine rings is 1. The van der Waals surface area contributed by atoms with Crippen LogP contribution in [0.4, 0.5) is 20.2 Å². The predicted molar refractivity (Wildman–Crippen MR) is 193 cm³/mol. The Morgan fingerprint density at radius 1 is 1.04 bits per heavy atom. The molecule has 3 fully saturated rings. The first-order valence-corrected chi connectivity index (χ1v) is 18.1. The van der Waals surface area contributed by atoms with Crippen LogP contribution >= 0.6 is 0 Å². The molecule has 0 bridgehead atoms. The second kappa shape index (κ2) is 15.3. The number of nitrogens with zero attached hydrogens (tertiary/aromatic N) is 9. The summed E-state index contributed by atoms with van der Waals surface area (Å²) in [7, 11) is 1.75. The summed E-state index contributed by atoms with van der Waals surface area (Å²) in [6.07, 6.45) is 9.01. The van der Waals surface area contributed by atoms with Crippen LogP contribution in [0.25, 0.3) is 16.7 Å². The number of amides is 3. The van der Waals surface area contributed by atoms with Gasteiger partial charge in [-0.1, -0.05) is 32.3 Å². The number of hydrogen-bond donors (Lipinski definition) is 2. The normalized spacial score (nSPS) is 18.7. The molecule has 0 spiro atoms. The average molecular weight is 732 g/mol. The van der Waals surface area contributed by atoms with E-state index in [9.17, 15) is 28.0 Å². The molecule has 1 unspecified atom stereocenters. The first kappa shape index (κ1) is 35.9. The van der Waals surface area contributed by atoms with Crippen LogP contribution in [0.1, 0.15) is 86.4 Å². The summed E-state index contributed by atoms with van der Waals surface area (Å²) >= 11 is 0. The van der Waals surface area contributed by atoms with E-state index in [4.69, 9.17) is 0 Å². The number of carbonyl (C=O) groups is 3. The van der Waals surface area contributed by atoms with Gasteiger partial charge in [0.15, 0.2) is 11.3 Å². The van der Waals surface area contributed by atoms with E-state index in [0.717, 1.165) is 81.5 Å². The summed E-state index contributed by atoms with van der Waals surface area (Å²) in [5.74, 6) is -1.22. The molecule has 53 heavy (non-hydrogen) atoms. The largest absolute Gasteiger partial charge is 0.367 e. The quantitative estimate of drug-likeness (QED) is 0.236. The molecular weight excluding hydrogens is 688 g/mol. The van der Waals surface area contributed by atoms with Gasteiger partial charge in [-0.2, -0.15) is 10.2 Å². The molecule has 6 heterocycles. The molecule has 1 aliphatic carbocycles. The van der Waals surface area contributed by atoms with E-state index in [1.54, 1.807) is 39.3 Å². The van der Waals surface area contributed by atoms with Crippen LogP contribution < -0.4 is 21.2 Å². The Bertz CT molecular complexity index is 2190. The highest BCUT2D eigenvalue weighted by Gasteiger charge is 2.32. The van der Waals surface area contributed by atoms with E-state index >= 15 is 0 Å². The number of imide groups is 1. The molecule has 2 aliphatic heterocycles. The highest BCUT2D eigenvalue weighted by molar-refractivity contribution is 6.08. The maximum Gasteiger partial charge on any atom is 0.329 e. The Hall–Kier alpha value is -5.45. The fourth-order valence-corrected chi connectivity index (χ4v) is 7.58. The van der Waals surface area contributed by atoms with Crippen molar-refractivity contribution in [2.75, 3.05) is 42.9 Å². The van der Waals surface area contributed by atoms with Gasteiger partial charge in [-0.15, -0.1) is 0 Å². The number of carbonyl (C=O) groups excluding carboxylic acids is 3. The number of rotatable bonds is 7. The SMILES string of the molecule is CCN1CCN(c2cccc3c2n(C)c(=O)n3C2CCC(=O)NC2=O)CC1.O=C(Nc1cn(C2CCCCC2)nc1C(F)F)c1cnn2cccnc12. The number of halogens is 2. The number of benzene rings is 1. The number of para-hydroxylation sites is 1. The van der Waals surface area contributed by atoms with E-state index in [1.807, 2.05) is 18.2 Å². The Morgan fingerprint density at radius 2 is 1.81 bits per heavy atom. The van der Waals surface area contributed by atoms with Gasteiger partial charge in [0.05, 0.1) is 34.6 Å². The molecule has 8 rings (SSSR count). The molecule has 2 N–H and O–H groups in total. The van der Waals surface area contributed by atoms with Crippen molar-refractivity contribution in [3.05, 3.63) is 70.8 Å². The zero-order valence-electron chi connectivity index (χ0n) is 29.7. The molecule has 280 valence electrons. The van der Waals surface area contributed by atoms with E-state index < -0.39 is 30.0 Å². The summed E-state index contributed by atoms with van der Waals surface area (Å²) < 4.78 is 33.0. The van der Waals surface area contributed by atoms with Gasteiger partial charge in [0.25, 0.3) is 12.3 Å². The number of anilines is 2. The number of likely N-dealkylation sites (N-methyl/N-ethyl adjacent to an activating group) is 1. The molecule has 1 atom stereocenters. The molecule has 4 aromatic heterocycles. The number of aromatic nitrogens is 7. The van der Waals surface area contributed by atoms with Gasteiger partial charge in [-0.05, 0) is 44.0 Å². The first-order valence-electron chi connectivity index (χ1n) is 18.1. The number of alkyl halides is 2. The standard InChI is InChI=1S/C19H25N5O3.C17H18F2N6O/c1-3-22-9-11-23(12-10-22)13-5-4-6-14-17(13)21(2)19(27)24(14)15-7-8-16(25)20-18(15)26;18-15(19)14-13(10-25(23-14)11-5-2-1-3-6-11)22-17(26)12-9-21-24-8-4-7-20-16(12)24/h4-6,15H,3,7-12H2,1-2H3,(H,20,25,26);4,7-11,15H,1-3,5-6H2,(H,22,26). The number of aryl methyl sites for hydroxylation is 1. The van der Waals surface area contributed by atoms with Crippen molar-refractivity contribution >= 4 is 45.8 Å². The molecule has 3 aliphatic rings. The van der Waals surface area contributed by atoms with Crippen LogP contribution in [0.2, 0.25) is 0 Å². The maximum atomic E-state index is 13.4. The third kappa shape index (κ3) is 7.17. The van der Waals surface area contributed by atoms with Crippen LogP contribution in [0.3, 0.4) is 0 Å². The summed E-state index contributed by atoms with van der Waals surface area (Å²) in [5.41, 5.74) is 2.59. The average Bonchev–Trinajstić information content (AvgIpc) is 3.87. The van der Waals surface area contributed by atoms with Gasteiger partial charge in [-0.25, -0.2) is 23.1 Å². The third-order valence-corrected chi connectivity index (χ3v) is 10.5. The molecule has 15 nitrogen and oxygen atoms in total. The molecular formula is C36H43F2N11O4. The zero-order chi connectivity index (χ0) is 37.2. The van der Waals surface area contributed by atoms with Crippen LogP contribution in [0, 0.1) is 0 Å². The van der Waals surface area contributed by atoms with Gasteiger partial charge >= 0.3 is 5.69 Å². The Balaban J connectivity index is 0.000000164. The second-order valence-corrected chi connectivity index (χ2v) is 13.6. The van der Waals surface area contributed by atoms with Crippen molar-refractivity contribution in [2.45, 2.75) is 70.4 Å². The number of piperazine rings is 1. The van der Waals surface area contributed by atoms with Crippen LogP contribution in [0.5, 0.6) is 0 Å². The number of nitrogens with one attached hydrogen (secondary N) is 2. The summed E-state index contributed by atoms with van der Waals surface area (Å²) in [6.45, 7) is 7.02. The fraction of sp³-hybridized carbons (Fsp3) is 0.472. The fourth-order valence-electron chi connectivity index (χ4n) is 7.58. The van der Waals surface area contributed by atoms with Gasteiger partial charge in [0.1, 0.15) is 11.6 Å². The van der Waals surface area contributed by atoms with Crippen molar-refractivity contribution < 1.29 is 23.2 Å². The molecule has 5 aromatic rings. The number of hydrogen-bond acceptors (Lipinski definition) is 9. The lowest BCUT2D eigenvalue weighted by Crippen LogP contribution is -2.46. The highest BCUT2D eigenvalue weighted by Crippen LogP contribution is 2.33. The van der Waals surface area contributed by atoms with Gasteiger partial charge < -0.3 is 15.1 Å². The van der Waals surface area contributed by atoms with Crippen molar-refractivity contribution in [3.8, 4) is 0 Å². The summed E-state index contributed by atoms with van der Waals surface area (Å²) in [6, 6.07) is 7.00. The van der Waals surface area contributed by atoms with E-state index in [1.165, 1.54) is 16.9 Å². The van der Waals surface area contributed by atoms with Crippen LogP contribution in [0.15, 0.2) is 53.8 Å². The Kier molecular flexibility index (Phi) is 10.3. The van der Waals surface area contributed by atoms with Crippen LogP contribution in [-0.4, -0.2) is 88.9 Å². The summed E-state index contributed by atoms with van der Waals surface area (Å²) in [5, 5.41) is 13.0. The molecule has 1 saturated carbocycles. The molecule has 0 radical (unpaired) electrons. The zero-order valence-corrected chi connectivity index (χ0v) is 29.7. The van der Waals surface area contributed by atoms with Gasteiger partial charge in [0, 0.05) is 58.2 Å². The minimum Gasteiger partial charge on any atom is -0.367 e. The third-order valence-electron chi connectivity index (χ3n) is 10.5.